The van der Waals surface area contributed by atoms with E-state index in [-0.39, 0.29) is 23.9 Å². The van der Waals surface area contributed by atoms with E-state index < -0.39 is 5.66 Å². The monoisotopic (exact) mass is 379 g/mol. The Balaban J connectivity index is 1.35. The Labute approximate surface area is 164 Å². The maximum absolute atomic E-state index is 13.1. The second kappa shape index (κ2) is 6.09. The summed E-state index contributed by atoms with van der Waals surface area (Å²) in [5.74, 6) is 0.0868. The molecule has 2 bridgehead atoms. The number of carbonyl (C=O) groups is 2. The zero-order chi connectivity index (χ0) is 19.5. The van der Waals surface area contributed by atoms with E-state index in [1.807, 2.05) is 53.8 Å². The lowest BCUT2D eigenvalue weighted by Gasteiger charge is -2.43. The van der Waals surface area contributed by atoms with Crippen LogP contribution in [0.15, 0.2) is 30.3 Å². The van der Waals surface area contributed by atoms with E-state index in [4.69, 9.17) is 0 Å². The van der Waals surface area contributed by atoms with Crippen LogP contribution in [0.25, 0.3) is 0 Å². The van der Waals surface area contributed by atoms with Gasteiger partial charge in [0.2, 0.25) is 5.91 Å². The first kappa shape index (κ1) is 17.3. The van der Waals surface area contributed by atoms with Crippen LogP contribution in [0, 0.1) is 13.8 Å². The molecule has 7 nitrogen and oxygen atoms in total. The maximum Gasteiger partial charge on any atom is 0.255 e. The summed E-state index contributed by atoms with van der Waals surface area (Å²) in [5, 5.41) is 11.2. The third-order valence-corrected chi connectivity index (χ3v) is 6.42. The van der Waals surface area contributed by atoms with Crippen molar-refractivity contribution in [3.8, 4) is 0 Å². The quantitative estimate of drug-likeness (QED) is 0.857. The fourth-order valence-electron chi connectivity index (χ4n) is 5.28. The van der Waals surface area contributed by atoms with Crippen LogP contribution in [0.5, 0.6) is 0 Å². The van der Waals surface area contributed by atoms with Crippen LogP contribution in [0.4, 0.5) is 5.69 Å². The number of para-hydroxylation sites is 1. The van der Waals surface area contributed by atoms with E-state index in [1.165, 1.54) is 0 Å². The number of benzene rings is 1. The van der Waals surface area contributed by atoms with Crippen LogP contribution >= 0.6 is 0 Å². The van der Waals surface area contributed by atoms with Gasteiger partial charge in [0.15, 0.2) is 0 Å². The van der Waals surface area contributed by atoms with Crippen molar-refractivity contribution >= 4 is 17.5 Å². The number of hydrogen-bond donors (Lipinski definition) is 2. The van der Waals surface area contributed by atoms with Crippen molar-refractivity contribution in [1.82, 2.24) is 20.0 Å². The summed E-state index contributed by atoms with van der Waals surface area (Å²) >= 11 is 0. The van der Waals surface area contributed by atoms with Crippen molar-refractivity contribution in [2.75, 3.05) is 5.32 Å². The van der Waals surface area contributed by atoms with Gasteiger partial charge in [-0.05, 0) is 44.9 Å². The Morgan fingerprint density at radius 2 is 2.07 bits per heavy atom. The minimum Gasteiger partial charge on any atom is -0.360 e. The van der Waals surface area contributed by atoms with Crippen LogP contribution in [-0.4, -0.2) is 44.2 Å². The lowest BCUT2D eigenvalue weighted by atomic mass is 9.86. The first-order chi connectivity index (χ1) is 13.5. The second-order valence-electron chi connectivity index (χ2n) is 8.25. The highest BCUT2D eigenvalue weighted by Crippen LogP contribution is 2.46. The molecule has 1 aromatic heterocycles. The fraction of sp³-hybridized carbons (Fsp3) is 0.476. The smallest absolute Gasteiger partial charge is 0.255 e. The summed E-state index contributed by atoms with van der Waals surface area (Å²) in [7, 11) is 0. The van der Waals surface area contributed by atoms with Crippen molar-refractivity contribution in [3.05, 3.63) is 47.3 Å². The molecular formula is C21H25N5O2. The van der Waals surface area contributed by atoms with Crippen molar-refractivity contribution in [3.63, 3.8) is 0 Å². The average molecular weight is 379 g/mol. The number of rotatable bonds is 3. The number of nitrogens with zero attached hydrogens (tertiary/aromatic N) is 3. The number of carbonyl (C=O) groups excluding carboxylic acids is 2. The molecule has 0 saturated carbocycles. The summed E-state index contributed by atoms with van der Waals surface area (Å²) in [6.45, 7) is 4.56. The number of nitrogens with one attached hydrogen (secondary N) is 2. The van der Waals surface area contributed by atoms with E-state index in [0.717, 1.165) is 36.3 Å². The fourth-order valence-corrected chi connectivity index (χ4v) is 5.28. The van der Waals surface area contributed by atoms with Gasteiger partial charge in [0.05, 0.1) is 17.3 Å². The number of aryl methyl sites for hydroxylation is 3. The Hall–Kier alpha value is -2.83. The predicted octanol–water partition coefficient (Wildman–Crippen LogP) is 2.21. The summed E-state index contributed by atoms with van der Waals surface area (Å²) in [6.07, 6.45) is 3.09. The number of anilines is 1. The summed E-state index contributed by atoms with van der Waals surface area (Å²) < 4.78 is 1.90. The van der Waals surface area contributed by atoms with E-state index in [9.17, 15) is 9.59 Å². The van der Waals surface area contributed by atoms with Crippen LogP contribution in [-0.2, 0) is 11.3 Å². The molecule has 2 saturated heterocycles. The number of fused-ring (bicyclic) bond motifs is 4. The minimum atomic E-state index is -0.553. The molecule has 0 unspecified atom stereocenters. The van der Waals surface area contributed by atoms with E-state index in [2.05, 4.69) is 15.7 Å². The Morgan fingerprint density at radius 1 is 1.25 bits per heavy atom. The molecule has 2 fully saturated rings. The van der Waals surface area contributed by atoms with Gasteiger partial charge in [-0.15, -0.1) is 0 Å². The van der Waals surface area contributed by atoms with Crippen LogP contribution in [0.3, 0.4) is 0 Å². The van der Waals surface area contributed by atoms with E-state index in [0.29, 0.717) is 18.5 Å². The third kappa shape index (κ3) is 2.52. The highest BCUT2D eigenvalue weighted by atomic mass is 16.2. The molecule has 1 aromatic carbocycles. The minimum absolute atomic E-state index is 0.0113. The Bertz CT molecular complexity index is 967. The highest BCUT2D eigenvalue weighted by molar-refractivity contribution is 6.02. The molecule has 7 heteroatoms. The normalized spacial score (nSPS) is 27.6. The molecule has 2 N–H and O–H groups in total. The average Bonchev–Trinajstić information content (AvgIpc) is 3.30. The largest absolute Gasteiger partial charge is 0.360 e. The van der Waals surface area contributed by atoms with Gasteiger partial charge < -0.3 is 15.5 Å². The van der Waals surface area contributed by atoms with Crippen LogP contribution in [0.1, 0.15) is 47.4 Å². The Kier molecular flexibility index (Phi) is 3.76. The van der Waals surface area contributed by atoms with Gasteiger partial charge in [-0.2, -0.15) is 5.10 Å². The van der Waals surface area contributed by atoms with Crippen molar-refractivity contribution in [1.29, 1.82) is 0 Å². The topological polar surface area (TPSA) is 79.3 Å². The lowest BCUT2D eigenvalue weighted by Crippen LogP contribution is -2.64. The van der Waals surface area contributed by atoms with Gasteiger partial charge in [0, 0.05) is 36.8 Å². The molecule has 0 aliphatic carbocycles. The van der Waals surface area contributed by atoms with Crippen molar-refractivity contribution < 1.29 is 9.59 Å². The maximum atomic E-state index is 13.1. The van der Waals surface area contributed by atoms with Crippen LogP contribution < -0.4 is 10.6 Å². The number of aromatic nitrogens is 2. The van der Waals surface area contributed by atoms with Crippen LogP contribution in [0.2, 0.25) is 0 Å². The van der Waals surface area contributed by atoms with Crippen molar-refractivity contribution in [2.45, 2.75) is 63.8 Å². The molecule has 2 aromatic rings. The molecular weight excluding hydrogens is 354 g/mol. The molecule has 3 atom stereocenters. The molecule has 3 aliphatic heterocycles. The standard InChI is InChI=1S/C21H25N5O2/c1-13-11-14(2)25(24-13)10-9-19(27)26-15-7-8-18(26)21(12-15)22-17-6-4-3-5-16(17)20(28)23-21/h3-6,11,15,18,22H,7-10,12H2,1-2H3,(H,23,28)/t15-,18+,21+/m1/s1. The summed E-state index contributed by atoms with van der Waals surface area (Å²) in [4.78, 5) is 27.8. The Morgan fingerprint density at radius 3 is 2.86 bits per heavy atom. The van der Waals surface area contributed by atoms with E-state index >= 15 is 0 Å². The molecule has 28 heavy (non-hydrogen) atoms. The number of amides is 2. The molecule has 1 spiro atoms. The zero-order valence-electron chi connectivity index (χ0n) is 16.2. The van der Waals surface area contributed by atoms with E-state index in [1.54, 1.807) is 0 Å². The van der Waals surface area contributed by atoms with Gasteiger partial charge >= 0.3 is 0 Å². The first-order valence-corrected chi connectivity index (χ1v) is 9.99. The molecule has 146 valence electrons. The van der Waals surface area contributed by atoms with Gasteiger partial charge in [0.1, 0.15) is 5.66 Å². The molecule has 3 aliphatic rings. The molecule has 0 radical (unpaired) electrons. The summed E-state index contributed by atoms with van der Waals surface area (Å²) in [5.41, 5.74) is 3.01. The van der Waals surface area contributed by atoms with Crippen molar-refractivity contribution in [2.24, 2.45) is 0 Å². The third-order valence-electron chi connectivity index (χ3n) is 6.42. The van der Waals surface area contributed by atoms with Gasteiger partial charge in [-0.1, -0.05) is 12.1 Å². The molecule has 4 heterocycles. The predicted molar refractivity (Wildman–Crippen MR) is 105 cm³/mol. The van der Waals surface area contributed by atoms with Gasteiger partial charge in [0.25, 0.3) is 5.91 Å². The molecule has 2 amide bonds. The lowest BCUT2D eigenvalue weighted by molar-refractivity contribution is -0.133. The zero-order valence-corrected chi connectivity index (χ0v) is 16.2. The summed E-state index contributed by atoms with van der Waals surface area (Å²) in [6, 6.07) is 9.76. The molecule has 5 rings (SSSR count). The first-order valence-electron chi connectivity index (χ1n) is 9.99. The van der Waals surface area contributed by atoms with Gasteiger partial charge in [-0.25, -0.2) is 0 Å². The number of hydrogen-bond acceptors (Lipinski definition) is 4. The van der Waals surface area contributed by atoms with Gasteiger partial charge in [-0.3, -0.25) is 14.3 Å². The SMILES string of the molecule is Cc1cc(C)n(CCC(=O)N2[C@@H]3CC[C@H]2[C@]2(C3)NC(=O)c3ccccc3N2)n1. The second-order valence-corrected chi connectivity index (χ2v) is 8.25. The highest BCUT2D eigenvalue weighted by Gasteiger charge is 2.59.